The van der Waals surface area contributed by atoms with Gasteiger partial charge in [-0.2, -0.15) is 5.10 Å². The van der Waals surface area contributed by atoms with Crippen LogP contribution in [-0.2, 0) is 13.6 Å². The predicted molar refractivity (Wildman–Crippen MR) is 57.7 cm³/mol. The monoisotopic (exact) mass is 243 g/mol. The molecule has 4 heteroatoms. The van der Waals surface area contributed by atoms with Gasteiger partial charge in [-0.1, -0.05) is 22.5 Å². The molecular formula is C9H14BrN3. The lowest BCUT2D eigenvalue weighted by atomic mass is 10.3. The van der Waals surface area contributed by atoms with E-state index in [1.54, 1.807) is 0 Å². The Balaban J connectivity index is 2.45. The summed E-state index contributed by atoms with van der Waals surface area (Å²) in [6.07, 6.45) is 0. The van der Waals surface area contributed by atoms with Crippen molar-refractivity contribution in [1.82, 2.24) is 15.1 Å². The van der Waals surface area contributed by atoms with E-state index in [4.69, 9.17) is 0 Å². The van der Waals surface area contributed by atoms with E-state index in [1.165, 1.54) is 5.69 Å². The first kappa shape index (κ1) is 10.5. The lowest BCUT2D eigenvalue weighted by Crippen LogP contribution is -2.16. The van der Waals surface area contributed by atoms with E-state index in [-0.39, 0.29) is 0 Å². The topological polar surface area (TPSA) is 29.9 Å². The standard InChI is InChI=1S/C9H14BrN3/c1-7(10)5-11-6-9-4-8(2)12-13(9)3/h4,11H,1,5-6H2,2-3H3. The van der Waals surface area contributed by atoms with Crippen molar-refractivity contribution in [2.24, 2.45) is 7.05 Å². The molecule has 0 radical (unpaired) electrons. The average Bonchev–Trinajstić information content (AvgIpc) is 2.29. The maximum atomic E-state index is 4.25. The number of nitrogens with one attached hydrogen (secondary N) is 1. The number of halogens is 1. The van der Waals surface area contributed by atoms with Crippen LogP contribution in [0.25, 0.3) is 0 Å². The zero-order chi connectivity index (χ0) is 9.84. The van der Waals surface area contributed by atoms with Crippen molar-refractivity contribution >= 4 is 15.9 Å². The summed E-state index contributed by atoms with van der Waals surface area (Å²) in [5, 5.41) is 7.50. The first-order valence-corrected chi connectivity index (χ1v) is 4.92. The highest BCUT2D eigenvalue weighted by Gasteiger charge is 2.00. The number of aryl methyl sites for hydroxylation is 2. The molecule has 1 aromatic heterocycles. The Hall–Kier alpha value is -0.610. The molecule has 1 rings (SSSR count). The summed E-state index contributed by atoms with van der Waals surface area (Å²) in [5.74, 6) is 0. The molecule has 0 saturated heterocycles. The van der Waals surface area contributed by atoms with Gasteiger partial charge in [-0.15, -0.1) is 0 Å². The van der Waals surface area contributed by atoms with Gasteiger partial charge in [0.15, 0.2) is 0 Å². The zero-order valence-electron chi connectivity index (χ0n) is 7.97. The summed E-state index contributed by atoms with van der Waals surface area (Å²) in [5.41, 5.74) is 2.24. The van der Waals surface area contributed by atoms with Gasteiger partial charge in [0.1, 0.15) is 0 Å². The normalized spacial score (nSPS) is 10.4. The number of rotatable bonds is 4. The molecule has 13 heavy (non-hydrogen) atoms. The fourth-order valence-electron chi connectivity index (χ4n) is 1.16. The molecule has 0 amide bonds. The van der Waals surface area contributed by atoms with Gasteiger partial charge in [0.05, 0.1) is 11.4 Å². The van der Waals surface area contributed by atoms with Crippen LogP contribution < -0.4 is 5.32 Å². The van der Waals surface area contributed by atoms with Crippen LogP contribution in [0.2, 0.25) is 0 Å². The summed E-state index contributed by atoms with van der Waals surface area (Å²) in [6, 6.07) is 2.07. The van der Waals surface area contributed by atoms with Gasteiger partial charge >= 0.3 is 0 Å². The summed E-state index contributed by atoms with van der Waals surface area (Å²) in [4.78, 5) is 0. The van der Waals surface area contributed by atoms with E-state index in [0.29, 0.717) is 0 Å². The highest BCUT2D eigenvalue weighted by Crippen LogP contribution is 2.02. The molecule has 1 heterocycles. The lowest BCUT2D eigenvalue weighted by molar-refractivity contribution is 0.651. The van der Waals surface area contributed by atoms with Crippen LogP contribution in [0.3, 0.4) is 0 Å². The Kier molecular flexibility index (Phi) is 3.69. The summed E-state index contributed by atoms with van der Waals surface area (Å²) < 4.78 is 2.85. The molecule has 0 unspecified atom stereocenters. The van der Waals surface area contributed by atoms with Crippen LogP contribution >= 0.6 is 15.9 Å². The van der Waals surface area contributed by atoms with Crippen molar-refractivity contribution in [3.05, 3.63) is 28.5 Å². The number of nitrogens with zero attached hydrogens (tertiary/aromatic N) is 2. The van der Waals surface area contributed by atoms with Crippen LogP contribution in [-0.4, -0.2) is 16.3 Å². The van der Waals surface area contributed by atoms with Crippen molar-refractivity contribution < 1.29 is 0 Å². The second-order valence-electron chi connectivity index (χ2n) is 3.02. The number of hydrogen-bond acceptors (Lipinski definition) is 2. The molecule has 0 fully saturated rings. The van der Waals surface area contributed by atoms with Gasteiger partial charge in [0, 0.05) is 24.6 Å². The van der Waals surface area contributed by atoms with Gasteiger partial charge in [0.2, 0.25) is 0 Å². The third-order valence-corrected chi connectivity index (χ3v) is 2.00. The van der Waals surface area contributed by atoms with E-state index in [9.17, 15) is 0 Å². The minimum Gasteiger partial charge on any atom is -0.307 e. The van der Waals surface area contributed by atoms with E-state index in [2.05, 4.69) is 39.0 Å². The molecule has 0 aliphatic heterocycles. The van der Waals surface area contributed by atoms with E-state index in [0.717, 1.165) is 23.3 Å². The maximum Gasteiger partial charge on any atom is 0.0597 e. The van der Waals surface area contributed by atoms with Crippen molar-refractivity contribution in [2.75, 3.05) is 6.54 Å². The number of aromatic nitrogens is 2. The van der Waals surface area contributed by atoms with Crippen molar-refractivity contribution in [3.8, 4) is 0 Å². The van der Waals surface area contributed by atoms with Crippen LogP contribution in [0, 0.1) is 6.92 Å². The maximum absolute atomic E-state index is 4.25. The molecule has 0 aliphatic rings. The first-order valence-electron chi connectivity index (χ1n) is 4.13. The lowest BCUT2D eigenvalue weighted by Gasteiger charge is -2.03. The second-order valence-corrected chi connectivity index (χ2v) is 4.14. The van der Waals surface area contributed by atoms with Gasteiger partial charge in [-0.25, -0.2) is 0 Å². The smallest absolute Gasteiger partial charge is 0.0597 e. The van der Waals surface area contributed by atoms with Gasteiger partial charge in [-0.05, 0) is 13.0 Å². The summed E-state index contributed by atoms with van der Waals surface area (Å²) >= 11 is 3.29. The van der Waals surface area contributed by atoms with E-state index >= 15 is 0 Å². The minimum atomic E-state index is 0.782. The van der Waals surface area contributed by atoms with Gasteiger partial charge in [-0.3, -0.25) is 4.68 Å². The zero-order valence-corrected chi connectivity index (χ0v) is 9.56. The van der Waals surface area contributed by atoms with Crippen LogP contribution in [0.4, 0.5) is 0 Å². The van der Waals surface area contributed by atoms with Crippen molar-refractivity contribution in [3.63, 3.8) is 0 Å². The van der Waals surface area contributed by atoms with Crippen LogP contribution in [0.1, 0.15) is 11.4 Å². The Morgan fingerprint density at radius 1 is 1.77 bits per heavy atom. The molecule has 0 spiro atoms. The van der Waals surface area contributed by atoms with Crippen LogP contribution in [0.5, 0.6) is 0 Å². The van der Waals surface area contributed by atoms with Crippen LogP contribution in [0.15, 0.2) is 17.1 Å². The average molecular weight is 244 g/mol. The third-order valence-electron chi connectivity index (χ3n) is 1.72. The van der Waals surface area contributed by atoms with E-state index < -0.39 is 0 Å². The van der Waals surface area contributed by atoms with Crippen molar-refractivity contribution in [1.29, 1.82) is 0 Å². The van der Waals surface area contributed by atoms with Gasteiger partial charge in [0.25, 0.3) is 0 Å². The number of hydrogen-bond donors (Lipinski definition) is 1. The Morgan fingerprint density at radius 2 is 2.46 bits per heavy atom. The highest BCUT2D eigenvalue weighted by atomic mass is 79.9. The minimum absolute atomic E-state index is 0.782. The van der Waals surface area contributed by atoms with Crippen molar-refractivity contribution in [2.45, 2.75) is 13.5 Å². The fraction of sp³-hybridized carbons (Fsp3) is 0.444. The van der Waals surface area contributed by atoms with Gasteiger partial charge < -0.3 is 5.32 Å². The summed E-state index contributed by atoms with van der Waals surface area (Å²) in [6.45, 7) is 7.34. The molecular weight excluding hydrogens is 230 g/mol. The molecule has 1 aromatic rings. The second kappa shape index (κ2) is 4.58. The molecule has 3 nitrogen and oxygen atoms in total. The Bertz CT molecular complexity index is 304. The molecule has 0 bridgehead atoms. The Morgan fingerprint density at radius 3 is 2.92 bits per heavy atom. The first-order chi connectivity index (χ1) is 6.09. The summed E-state index contributed by atoms with van der Waals surface area (Å²) in [7, 11) is 1.95. The SMILES string of the molecule is C=C(Br)CNCc1cc(C)nn1C. The quantitative estimate of drug-likeness (QED) is 0.874. The predicted octanol–water partition coefficient (Wildman–Crippen LogP) is 1.73. The van der Waals surface area contributed by atoms with E-state index in [1.807, 2.05) is 18.7 Å². The molecule has 0 atom stereocenters. The third kappa shape index (κ3) is 3.32. The fourth-order valence-corrected chi connectivity index (χ4v) is 1.35. The molecule has 0 aliphatic carbocycles. The highest BCUT2D eigenvalue weighted by molar-refractivity contribution is 9.11. The molecule has 72 valence electrons. The largest absolute Gasteiger partial charge is 0.307 e. The molecule has 0 saturated carbocycles. The Labute approximate surface area is 87.0 Å². The molecule has 0 aromatic carbocycles. The molecule has 1 N–H and O–H groups in total.